The molecule has 0 fully saturated rings. The SMILES string of the molecule is Cc1ccc(NC(=O)CCC(=O)OCC(=O)Nc2ccc(Cl)cc2Cl)cc1Cl. The summed E-state index contributed by atoms with van der Waals surface area (Å²) < 4.78 is 4.85. The molecule has 0 unspecified atom stereocenters. The van der Waals surface area contributed by atoms with Crippen LogP contribution in [0.1, 0.15) is 18.4 Å². The lowest BCUT2D eigenvalue weighted by Gasteiger charge is -2.09. The molecule has 0 spiro atoms. The van der Waals surface area contributed by atoms with E-state index in [1.54, 1.807) is 24.3 Å². The van der Waals surface area contributed by atoms with Crippen LogP contribution < -0.4 is 10.6 Å². The van der Waals surface area contributed by atoms with Crippen LogP contribution in [-0.4, -0.2) is 24.4 Å². The molecule has 2 rings (SSSR count). The molecule has 0 radical (unpaired) electrons. The van der Waals surface area contributed by atoms with E-state index < -0.39 is 18.5 Å². The highest BCUT2D eigenvalue weighted by Crippen LogP contribution is 2.25. The Balaban J connectivity index is 1.72. The molecule has 9 heteroatoms. The predicted molar refractivity (Wildman–Crippen MR) is 110 cm³/mol. The summed E-state index contributed by atoms with van der Waals surface area (Å²) >= 11 is 17.7. The number of carbonyl (C=O) groups is 3. The lowest BCUT2D eigenvalue weighted by Crippen LogP contribution is -2.22. The van der Waals surface area contributed by atoms with Crippen molar-refractivity contribution in [1.29, 1.82) is 0 Å². The second-order valence-electron chi connectivity index (χ2n) is 5.85. The Kier molecular flexibility index (Phi) is 8.11. The summed E-state index contributed by atoms with van der Waals surface area (Å²) in [5, 5.41) is 6.37. The number of halogens is 3. The van der Waals surface area contributed by atoms with Crippen molar-refractivity contribution in [2.24, 2.45) is 0 Å². The molecule has 0 aliphatic carbocycles. The fraction of sp³-hybridized carbons (Fsp3) is 0.211. The number of anilines is 2. The van der Waals surface area contributed by atoms with Crippen molar-refractivity contribution < 1.29 is 19.1 Å². The first kappa shape index (κ1) is 22.0. The van der Waals surface area contributed by atoms with Crippen LogP contribution >= 0.6 is 34.8 Å². The van der Waals surface area contributed by atoms with Gasteiger partial charge in [-0.2, -0.15) is 0 Å². The topological polar surface area (TPSA) is 84.5 Å². The van der Waals surface area contributed by atoms with Crippen LogP contribution in [0.2, 0.25) is 15.1 Å². The first-order valence-corrected chi connectivity index (χ1v) is 9.34. The van der Waals surface area contributed by atoms with Gasteiger partial charge in [-0.1, -0.05) is 40.9 Å². The minimum atomic E-state index is -0.672. The van der Waals surface area contributed by atoms with Crippen LogP contribution in [0.5, 0.6) is 0 Å². The molecule has 2 amide bonds. The van der Waals surface area contributed by atoms with E-state index in [0.29, 0.717) is 21.4 Å². The van der Waals surface area contributed by atoms with Gasteiger partial charge < -0.3 is 15.4 Å². The van der Waals surface area contributed by atoms with Crippen molar-refractivity contribution in [2.75, 3.05) is 17.2 Å². The Morgan fingerprint density at radius 2 is 1.64 bits per heavy atom. The number of carbonyl (C=O) groups excluding carboxylic acids is 3. The zero-order valence-electron chi connectivity index (χ0n) is 14.9. The van der Waals surface area contributed by atoms with Crippen molar-refractivity contribution in [3.63, 3.8) is 0 Å². The van der Waals surface area contributed by atoms with Gasteiger partial charge in [0.25, 0.3) is 5.91 Å². The van der Waals surface area contributed by atoms with E-state index in [-0.39, 0.29) is 23.8 Å². The molecule has 0 saturated carbocycles. The minimum absolute atomic E-state index is 0.0883. The molecule has 0 aromatic heterocycles. The lowest BCUT2D eigenvalue weighted by atomic mass is 10.2. The average Bonchev–Trinajstić information content (AvgIpc) is 2.63. The van der Waals surface area contributed by atoms with Gasteiger partial charge in [0.1, 0.15) is 0 Å². The first-order valence-electron chi connectivity index (χ1n) is 8.21. The van der Waals surface area contributed by atoms with Crippen LogP contribution in [0, 0.1) is 6.92 Å². The highest BCUT2D eigenvalue weighted by atomic mass is 35.5. The summed E-state index contributed by atoms with van der Waals surface area (Å²) in [7, 11) is 0. The van der Waals surface area contributed by atoms with Gasteiger partial charge >= 0.3 is 5.97 Å². The number of rotatable bonds is 7. The molecule has 0 aliphatic heterocycles. The zero-order valence-corrected chi connectivity index (χ0v) is 17.1. The number of ether oxygens (including phenoxy) is 1. The second-order valence-corrected chi connectivity index (χ2v) is 7.10. The van der Waals surface area contributed by atoms with Crippen LogP contribution in [0.3, 0.4) is 0 Å². The van der Waals surface area contributed by atoms with Gasteiger partial charge in [0.15, 0.2) is 6.61 Å². The summed E-state index contributed by atoms with van der Waals surface area (Å²) in [6.45, 7) is 1.36. The maximum Gasteiger partial charge on any atom is 0.306 e. The number of esters is 1. The van der Waals surface area contributed by atoms with E-state index in [9.17, 15) is 14.4 Å². The molecular formula is C19H17Cl3N2O4. The van der Waals surface area contributed by atoms with E-state index in [1.807, 2.05) is 6.92 Å². The maximum absolute atomic E-state index is 11.9. The molecule has 148 valence electrons. The molecule has 2 aromatic rings. The lowest BCUT2D eigenvalue weighted by molar-refractivity contribution is -0.147. The normalized spacial score (nSPS) is 10.3. The Morgan fingerprint density at radius 1 is 0.893 bits per heavy atom. The number of benzene rings is 2. The van der Waals surface area contributed by atoms with Crippen LogP contribution in [-0.2, 0) is 19.1 Å². The van der Waals surface area contributed by atoms with Crippen molar-refractivity contribution >= 4 is 64.0 Å². The van der Waals surface area contributed by atoms with Gasteiger partial charge in [0, 0.05) is 22.2 Å². The highest BCUT2D eigenvalue weighted by molar-refractivity contribution is 6.36. The third-order valence-corrected chi connectivity index (χ3v) is 4.54. The van der Waals surface area contributed by atoms with Gasteiger partial charge in [-0.05, 0) is 42.8 Å². The maximum atomic E-state index is 11.9. The van der Waals surface area contributed by atoms with E-state index in [2.05, 4.69) is 10.6 Å². The summed E-state index contributed by atoms with van der Waals surface area (Å²) in [5.41, 5.74) is 1.78. The van der Waals surface area contributed by atoms with Crippen LogP contribution in [0.4, 0.5) is 11.4 Å². The molecular weight excluding hydrogens is 427 g/mol. The van der Waals surface area contributed by atoms with Gasteiger partial charge in [0.05, 0.1) is 17.1 Å². The van der Waals surface area contributed by atoms with E-state index in [1.165, 1.54) is 12.1 Å². The number of hydrogen-bond acceptors (Lipinski definition) is 4. The highest BCUT2D eigenvalue weighted by Gasteiger charge is 2.12. The van der Waals surface area contributed by atoms with Gasteiger partial charge in [-0.15, -0.1) is 0 Å². The molecule has 0 bridgehead atoms. The fourth-order valence-corrected chi connectivity index (χ4v) is 2.74. The van der Waals surface area contributed by atoms with Crippen molar-refractivity contribution in [3.05, 3.63) is 57.0 Å². The van der Waals surface area contributed by atoms with E-state index >= 15 is 0 Å². The molecule has 0 saturated heterocycles. The predicted octanol–water partition coefficient (Wildman–Crippen LogP) is 4.86. The molecule has 2 aromatic carbocycles. The molecule has 28 heavy (non-hydrogen) atoms. The smallest absolute Gasteiger partial charge is 0.306 e. The van der Waals surface area contributed by atoms with Crippen molar-refractivity contribution in [3.8, 4) is 0 Å². The number of amides is 2. The summed E-state index contributed by atoms with van der Waals surface area (Å²) in [4.78, 5) is 35.4. The molecule has 0 atom stereocenters. The molecule has 0 heterocycles. The summed E-state index contributed by atoms with van der Waals surface area (Å²) in [5.74, 6) is -1.60. The standard InChI is InChI=1S/C19H17Cl3N2O4/c1-11-2-4-13(9-14(11)21)23-17(25)6-7-19(27)28-10-18(26)24-16-5-3-12(20)8-15(16)22/h2-5,8-9H,6-7,10H2,1H3,(H,23,25)(H,24,26). The zero-order chi connectivity index (χ0) is 20.7. The summed E-state index contributed by atoms with van der Waals surface area (Å²) in [6, 6.07) is 9.69. The van der Waals surface area contributed by atoms with Crippen molar-refractivity contribution in [2.45, 2.75) is 19.8 Å². The Labute approximate surface area is 177 Å². The molecule has 2 N–H and O–H groups in total. The van der Waals surface area contributed by atoms with E-state index in [0.717, 1.165) is 5.56 Å². The third kappa shape index (κ3) is 7.03. The molecule has 0 aliphatic rings. The Bertz CT molecular complexity index is 903. The first-order chi connectivity index (χ1) is 13.2. The fourth-order valence-electron chi connectivity index (χ4n) is 2.11. The van der Waals surface area contributed by atoms with Gasteiger partial charge in [-0.25, -0.2) is 0 Å². The Morgan fingerprint density at radius 3 is 2.32 bits per heavy atom. The Hall–Kier alpha value is -2.28. The minimum Gasteiger partial charge on any atom is -0.456 e. The number of hydrogen-bond donors (Lipinski definition) is 2. The number of nitrogens with one attached hydrogen (secondary N) is 2. The third-order valence-electron chi connectivity index (χ3n) is 3.58. The van der Waals surface area contributed by atoms with Crippen LogP contribution in [0.15, 0.2) is 36.4 Å². The van der Waals surface area contributed by atoms with E-state index in [4.69, 9.17) is 39.5 Å². The number of aryl methyl sites for hydroxylation is 1. The second kappa shape index (κ2) is 10.3. The monoisotopic (exact) mass is 442 g/mol. The largest absolute Gasteiger partial charge is 0.456 e. The van der Waals surface area contributed by atoms with Gasteiger partial charge in [0.2, 0.25) is 5.91 Å². The van der Waals surface area contributed by atoms with Gasteiger partial charge in [-0.3, -0.25) is 14.4 Å². The van der Waals surface area contributed by atoms with Crippen LogP contribution in [0.25, 0.3) is 0 Å². The quantitative estimate of drug-likeness (QED) is 0.599. The molecule has 6 nitrogen and oxygen atoms in total. The summed E-state index contributed by atoms with van der Waals surface area (Å²) in [6.07, 6.45) is -0.255. The average molecular weight is 444 g/mol. The van der Waals surface area contributed by atoms with Crippen molar-refractivity contribution in [1.82, 2.24) is 0 Å².